The molecule has 0 saturated carbocycles. The number of hydrogen-bond donors (Lipinski definition) is 2. The second-order valence-electron chi connectivity index (χ2n) is 9.41. The minimum absolute atomic E-state index is 0.0347. The Morgan fingerprint density at radius 1 is 1.15 bits per heavy atom. The van der Waals surface area contributed by atoms with Crippen molar-refractivity contribution in [2.75, 3.05) is 37.0 Å². The van der Waals surface area contributed by atoms with Crippen LogP contribution in [0, 0.1) is 0 Å². The number of imidazole rings is 1. The highest BCUT2D eigenvalue weighted by Crippen LogP contribution is 2.32. The second kappa shape index (κ2) is 8.15. The van der Waals surface area contributed by atoms with Gasteiger partial charge in [-0.3, -0.25) is 0 Å². The number of nitrogens with one attached hydrogen (secondary N) is 2. The molecule has 4 aromatic rings. The van der Waals surface area contributed by atoms with E-state index in [1.54, 1.807) is 7.11 Å². The van der Waals surface area contributed by atoms with E-state index in [1.165, 1.54) is 0 Å². The number of rotatable bonds is 5. The molecule has 1 fully saturated rings. The number of pyridine rings is 1. The minimum Gasteiger partial charge on any atom is -0.494 e. The third-order valence-corrected chi connectivity index (χ3v) is 6.06. The first-order chi connectivity index (χ1) is 15.8. The van der Waals surface area contributed by atoms with E-state index in [0.717, 1.165) is 53.0 Å². The van der Waals surface area contributed by atoms with Crippen molar-refractivity contribution in [1.82, 2.24) is 29.8 Å². The first-order valence-corrected chi connectivity index (χ1v) is 11.3. The summed E-state index contributed by atoms with van der Waals surface area (Å²) >= 11 is 0. The molecular weight excluding hydrogens is 416 g/mol. The number of methoxy groups -OCH3 is 1. The summed E-state index contributed by atoms with van der Waals surface area (Å²) in [6.45, 7) is 11.4. The van der Waals surface area contributed by atoms with Crippen molar-refractivity contribution in [1.29, 1.82) is 0 Å². The fourth-order valence-electron chi connectivity index (χ4n) is 4.42. The van der Waals surface area contributed by atoms with E-state index >= 15 is 0 Å². The number of anilines is 3. The molecule has 2 N–H and O–H groups in total. The Labute approximate surface area is 193 Å². The molecule has 0 radical (unpaired) electrons. The Hall–Kier alpha value is -3.46. The molecule has 4 heterocycles. The average molecular weight is 447 g/mol. The molecule has 9 nitrogen and oxygen atoms in total. The molecule has 3 aromatic heterocycles. The first-order valence-electron chi connectivity index (χ1n) is 11.3. The van der Waals surface area contributed by atoms with Gasteiger partial charge in [0.05, 0.1) is 36.4 Å². The molecule has 0 bridgehead atoms. The number of fused-ring (bicyclic) bond motifs is 3. The highest BCUT2D eigenvalue weighted by molar-refractivity contribution is 6.02. The summed E-state index contributed by atoms with van der Waals surface area (Å²) in [5.74, 6) is 1.89. The third kappa shape index (κ3) is 4.04. The largest absolute Gasteiger partial charge is 0.494 e. The zero-order valence-corrected chi connectivity index (χ0v) is 19.8. The van der Waals surface area contributed by atoms with Crippen LogP contribution in [0.15, 0.2) is 36.9 Å². The van der Waals surface area contributed by atoms with Gasteiger partial charge < -0.3 is 24.8 Å². The highest BCUT2D eigenvalue weighted by atomic mass is 16.5. The number of hydrogen-bond acceptors (Lipinski definition) is 8. The van der Waals surface area contributed by atoms with Gasteiger partial charge in [0, 0.05) is 48.9 Å². The van der Waals surface area contributed by atoms with E-state index in [2.05, 4.69) is 62.7 Å². The maximum Gasteiger partial charge on any atom is 0.228 e. The van der Waals surface area contributed by atoms with Gasteiger partial charge in [-0.05, 0) is 39.8 Å². The van der Waals surface area contributed by atoms with Gasteiger partial charge in [-0.1, -0.05) is 0 Å². The Bertz CT molecular complexity index is 1310. The third-order valence-electron chi connectivity index (χ3n) is 6.06. The standard InChI is InChI=1S/C24H30N8O/c1-15(2)32-14-27-17-7-6-16-11-26-23(30-21(16)22(17)32)29-20-10-19(33-5)18(12-25-20)31-9-8-28-24(3,4)13-31/h6-7,10-12,14-15,28H,8-9,13H2,1-5H3,(H,25,26,29,30). The van der Waals surface area contributed by atoms with Crippen LogP contribution in [-0.2, 0) is 0 Å². The first kappa shape index (κ1) is 21.4. The molecule has 172 valence electrons. The number of ether oxygens (including phenoxy) is 1. The summed E-state index contributed by atoms with van der Waals surface area (Å²) < 4.78 is 7.85. The Balaban J connectivity index is 1.48. The van der Waals surface area contributed by atoms with Gasteiger partial charge in [0.25, 0.3) is 0 Å². The number of aromatic nitrogens is 5. The lowest BCUT2D eigenvalue weighted by Gasteiger charge is -2.40. The molecule has 9 heteroatoms. The lowest BCUT2D eigenvalue weighted by molar-refractivity contribution is 0.348. The lowest BCUT2D eigenvalue weighted by atomic mass is 10.0. The van der Waals surface area contributed by atoms with E-state index in [1.807, 2.05) is 36.9 Å². The second-order valence-corrected chi connectivity index (χ2v) is 9.41. The maximum atomic E-state index is 5.71. The van der Waals surface area contributed by atoms with Crippen LogP contribution in [0.2, 0.25) is 0 Å². The van der Waals surface area contributed by atoms with E-state index in [-0.39, 0.29) is 11.6 Å². The van der Waals surface area contributed by atoms with Crippen LogP contribution >= 0.6 is 0 Å². The van der Waals surface area contributed by atoms with Gasteiger partial charge in [0.15, 0.2) is 0 Å². The minimum atomic E-state index is 0.0347. The fraction of sp³-hybridized carbons (Fsp3) is 0.417. The van der Waals surface area contributed by atoms with E-state index < -0.39 is 0 Å². The summed E-state index contributed by atoms with van der Waals surface area (Å²) in [6.07, 6.45) is 5.55. The molecule has 1 saturated heterocycles. The summed E-state index contributed by atoms with van der Waals surface area (Å²) in [4.78, 5) is 20.8. The van der Waals surface area contributed by atoms with E-state index in [4.69, 9.17) is 9.72 Å². The quantitative estimate of drug-likeness (QED) is 0.477. The zero-order chi connectivity index (χ0) is 23.2. The van der Waals surface area contributed by atoms with Gasteiger partial charge in [0.2, 0.25) is 5.95 Å². The summed E-state index contributed by atoms with van der Waals surface area (Å²) in [5.41, 5.74) is 3.81. The highest BCUT2D eigenvalue weighted by Gasteiger charge is 2.27. The van der Waals surface area contributed by atoms with E-state index in [9.17, 15) is 0 Å². The molecule has 0 spiro atoms. The fourth-order valence-corrected chi connectivity index (χ4v) is 4.42. The van der Waals surface area contributed by atoms with Crippen LogP contribution in [0.4, 0.5) is 17.5 Å². The van der Waals surface area contributed by atoms with Crippen molar-refractivity contribution in [2.24, 2.45) is 0 Å². The molecule has 0 unspecified atom stereocenters. The van der Waals surface area contributed by atoms with Crippen molar-refractivity contribution in [2.45, 2.75) is 39.3 Å². The smallest absolute Gasteiger partial charge is 0.228 e. The summed E-state index contributed by atoms with van der Waals surface area (Å²) in [7, 11) is 1.69. The molecule has 0 atom stereocenters. The van der Waals surface area contributed by atoms with Crippen LogP contribution in [0.1, 0.15) is 33.7 Å². The molecule has 0 amide bonds. The van der Waals surface area contributed by atoms with Crippen molar-refractivity contribution < 1.29 is 4.74 Å². The van der Waals surface area contributed by atoms with Gasteiger partial charge >= 0.3 is 0 Å². The Kier molecular flexibility index (Phi) is 5.28. The molecule has 5 rings (SSSR count). The predicted octanol–water partition coefficient (Wildman–Crippen LogP) is 3.90. The van der Waals surface area contributed by atoms with Crippen molar-refractivity contribution >= 4 is 39.4 Å². The van der Waals surface area contributed by atoms with Crippen molar-refractivity contribution in [3.05, 3.63) is 36.9 Å². The number of nitrogens with zero attached hydrogens (tertiary/aromatic N) is 6. The van der Waals surface area contributed by atoms with Crippen LogP contribution < -0.4 is 20.3 Å². The maximum absolute atomic E-state index is 5.71. The SMILES string of the molecule is COc1cc(Nc2ncc3ccc4ncn(C(C)C)c4c3n2)ncc1N1CCNC(C)(C)C1. The molecule has 0 aliphatic carbocycles. The summed E-state index contributed by atoms with van der Waals surface area (Å²) in [5, 5.41) is 7.76. The van der Waals surface area contributed by atoms with Crippen LogP contribution in [0.25, 0.3) is 21.9 Å². The molecule has 1 aromatic carbocycles. The van der Waals surface area contributed by atoms with Gasteiger partial charge in [-0.2, -0.15) is 0 Å². The molecular formula is C24H30N8O. The van der Waals surface area contributed by atoms with Crippen molar-refractivity contribution in [3.8, 4) is 5.75 Å². The summed E-state index contributed by atoms with van der Waals surface area (Å²) in [6, 6.07) is 6.19. The van der Waals surface area contributed by atoms with Crippen molar-refractivity contribution in [3.63, 3.8) is 0 Å². The number of piperazine rings is 1. The Morgan fingerprint density at radius 3 is 2.76 bits per heavy atom. The van der Waals surface area contributed by atoms with E-state index in [0.29, 0.717) is 11.8 Å². The van der Waals surface area contributed by atoms with Gasteiger partial charge in [-0.25, -0.2) is 19.9 Å². The predicted molar refractivity (Wildman–Crippen MR) is 132 cm³/mol. The molecule has 1 aliphatic rings. The van der Waals surface area contributed by atoms with Gasteiger partial charge in [0.1, 0.15) is 17.1 Å². The normalized spacial score (nSPS) is 16.0. The molecule has 33 heavy (non-hydrogen) atoms. The zero-order valence-electron chi connectivity index (χ0n) is 19.8. The van der Waals surface area contributed by atoms with Crippen LogP contribution in [0.3, 0.4) is 0 Å². The number of benzene rings is 1. The average Bonchev–Trinajstić information content (AvgIpc) is 3.23. The van der Waals surface area contributed by atoms with Crippen LogP contribution in [-0.4, -0.2) is 56.8 Å². The topological polar surface area (TPSA) is 93.0 Å². The monoisotopic (exact) mass is 446 g/mol. The Morgan fingerprint density at radius 2 is 2.00 bits per heavy atom. The van der Waals surface area contributed by atoms with Crippen LogP contribution in [0.5, 0.6) is 5.75 Å². The lowest BCUT2D eigenvalue weighted by Crippen LogP contribution is -2.57. The molecule has 1 aliphatic heterocycles. The van der Waals surface area contributed by atoms with Gasteiger partial charge in [-0.15, -0.1) is 0 Å².